The molecule has 0 fully saturated rings. The lowest BCUT2D eigenvalue weighted by molar-refractivity contribution is 0.303. The van der Waals surface area contributed by atoms with Gasteiger partial charge in [0.25, 0.3) is 0 Å². The minimum absolute atomic E-state index is 0.146. The van der Waals surface area contributed by atoms with Gasteiger partial charge in [0.05, 0.1) is 0 Å². The molecule has 0 atom stereocenters. The highest BCUT2D eigenvalue weighted by atomic mass is 19.2. The zero-order chi connectivity index (χ0) is 26.8. The molecular formula is C29H29F4NO2. The quantitative estimate of drug-likeness (QED) is 0.155. The van der Waals surface area contributed by atoms with E-state index in [1.165, 1.54) is 6.08 Å². The monoisotopic (exact) mass is 499 g/mol. The average molecular weight is 500 g/mol. The van der Waals surface area contributed by atoms with Gasteiger partial charge in [-0.1, -0.05) is 83.7 Å². The van der Waals surface area contributed by atoms with Gasteiger partial charge in [-0.2, -0.15) is 8.78 Å². The number of rotatable bonds is 7. The van der Waals surface area contributed by atoms with Gasteiger partial charge in [0.15, 0.2) is 17.4 Å². The fraction of sp³-hybridized carbons (Fsp3) is 0.276. The Hall–Kier alpha value is -3.61. The molecule has 0 amide bonds. The van der Waals surface area contributed by atoms with Crippen molar-refractivity contribution < 1.29 is 27.4 Å². The molecule has 0 saturated heterocycles. The molecule has 7 heteroatoms. The summed E-state index contributed by atoms with van der Waals surface area (Å²) in [5, 5.41) is 11.2. The van der Waals surface area contributed by atoms with Crippen LogP contribution in [-0.4, -0.2) is 17.9 Å². The fourth-order valence-electron chi connectivity index (χ4n) is 3.79. The highest BCUT2D eigenvalue weighted by molar-refractivity contribution is 5.87. The predicted molar refractivity (Wildman–Crippen MR) is 135 cm³/mol. The number of hydrogen-bond donors (Lipinski definition) is 1. The van der Waals surface area contributed by atoms with Crippen molar-refractivity contribution in [2.75, 3.05) is 6.61 Å². The molecule has 0 aromatic heterocycles. The molecule has 190 valence electrons. The molecule has 3 nitrogen and oxygen atoms in total. The van der Waals surface area contributed by atoms with Gasteiger partial charge in [0.2, 0.25) is 11.6 Å². The fourth-order valence-corrected chi connectivity index (χ4v) is 3.79. The lowest BCUT2D eigenvalue weighted by atomic mass is 9.74. The SMILES string of the molecule is C=CCOc1c(F)c(F)c(N=Cc2cc(C(C)(C)C)cc(C(C)(C)c3ccccc3)c2O)c(F)c1F. The second-order valence-corrected chi connectivity index (χ2v) is 9.99. The molecule has 0 radical (unpaired) electrons. The number of phenolic OH excluding ortho intramolecular Hbond substituents is 1. The van der Waals surface area contributed by atoms with Crippen LogP contribution in [0.25, 0.3) is 0 Å². The Morgan fingerprint density at radius 2 is 1.47 bits per heavy atom. The van der Waals surface area contributed by atoms with Crippen molar-refractivity contribution in [3.8, 4) is 11.5 Å². The van der Waals surface area contributed by atoms with Crippen LogP contribution in [0.3, 0.4) is 0 Å². The first kappa shape index (κ1) is 27.0. The predicted octanol–water partition coefficient (Wildman–Crippen LogP) is 7.89. The summed E-state index contributed by atoms with van der Waals surface area (Å²) in [4.78, 5) is 3.71. The third-order valence-electron chi connectivity index (χ3n) is 6.05. The van der Waals surface area contributed by atoms with Crippen LogP contribution in [0, 0.1) is 23.3 Å². The Bertz CT molecular complexity index is 1280. The largest absolute Gasteiger partial charge is 0.507 e. The van der Waals surface area contributed by atoms with Crippen LogP contribution < -0.4 is 4.74 Å². The number of benzene rings is 3. The van der Waals surface area contributed by atoms with E-state index in [-0.39, 0.29) is 23.3 Å². The number of hydrogen-bond acceptors (Lipinski definition) is 3. The van der Waals surface area contributed by atoms with E-state index in [0.29, 0.717) is 5.56 Å². The maximum atomic E-state index is 14.6. The van der Waals surface area contributed by atoms with Gasteiger partial charge >= 0.3 is 0 Å². The van der Waals surface area contributed by atoms with Crippen molar-refractivity contribution in [3.05, 3.63) is 101 Å². The molecule has 0 unspecified atom stereocenters. The minimum Gasteiger partial charge on any atom is -0.507 e. The number of aromatic hydroxyl groups is 1. The molecule has 0 spiro atoms. The molecule has 0 bridgehead atoms. The zero-order valence-electron chi connectivity index (χ0n) is 20.9. The third kappa shape index (κ3) is 5.15. The summed E-state index contributed by atoms with van der Waals surface area (Å²) in [7, 11) is 0. The molecule has 0 aliphatic heterocycles. The Labute approximate surface area is 208 Å². The van der Waals surface area contributed by atoms with Crippen LogP contribution in [-0.2, 0) is 10.8 Å². The third-order valence-corrected chi connectivity index (χ3v) is 6.05. The molecule has 3 aromatic carbocycles. The van der Waals surface area contributed by atoms with Crippen molar-refractivity contribution in [2.24, 2.45) is 4.99 Å². The van der Waals surface area contributed by atoms with Gasteiger partial charge in [-0.25, -0.2) is 13.8 Å². The Balaban J connectivity index is 2.19. The first-order chi connectivity index (χ1) is 16.8. The number of halogens is 4. The summed E-state index contributed by atoms with van der Waals surface area (Å²) >= 11 is 0. The summed E-state index contributed by atoms with van der Waals surface area (Å²) in [5.41, 5.74) is 0.311. The van der Waals surface area contributed by atoms with Crippen molar-refractivity contribution in [3.63, 3.8) is 0 Å². The van der Waals surface area contributed by atoms with Gasteiger partial charge in [-0.3, -0.25) is 0 Å². The maximum Gasteiger partial charge on any atom is 0.206 e. The van der Waals surface area contributed by atoms with E-state index in [0.717, 1.165) is 17.3 Å². The summed E-state index contributed by atoms with van der Waals surface area (Å²) in [6.45, 7) is 12.8. The van der Waals surface area contributed by atoms with Gasteiger partial charge in [0, 0.05) is 22.8 Å². The molecule has 0 saturated carbocycles. The summed E-state index contributed by atoms with van der Waals surface area (Å²) < 4.78 is 62.8. The van der Waals surface area contributed by atoms with Crippen molar-refractivity contribution in [1.29, 1.82) is 0 Å². The van der Waals surface area contributed by atoms with Crippen LogP contribution in [0.1, 0.15) is 56.9 Å². The molecule has 1 N–H and O–H groups in total. The highest BCUT2D eigenvalue weighted by Crippen LogP contribution is 2.41. The molecule has 3 aromatic rings. The van der Waals surface area contributed by atoms with Crippen molar-refractivity contribution in [2.45, 2.75) is 45.4 Å². The lowest BCUT2D eigenvalue weighted by Crippen LogP contribution is -2.21. The number of nitrogens with zero attached hydrogens (tertiary/aromatic N) is 1. The minimum atomic E-state index is -1.71. The Kier molecular flexibility index (Phi) is 7.62. The smallest absolute Gasteiger partial charge is 0.206 e. The van der Waals surface area contributed by atoms with E-state index in [2.05, 4.69) is 11.6 Å². The molecule has 0 aliphatic rings. The molecule has 0 heterocycles. The van der Waals surface area contributed by atoms with Crippen LogP contribution >= 0.6 is 0 Å². The highest BCUT2D eigenvalue weighted by Gasteiger charge is 2.30. The van der Waals surface area contributed by atoms with Crippen molar-refractivity contribution in [1.82, 2.24) is 0 Å². The standard InChI is InChI=1S/C29H29F4NO2/c1-7-13-36-27-23(32)21(30)25(22(31)24(27)33)34-16-17-14-19(28(2,3)4)15-20(26(17)35)29(5,6)18-11-9-8-10-12-18/h7-12,14-16,35H,1,13H2,2-6H3. The van der Waals surface area contributed by atoms with E-state index in [4.69, 9.17) is 4.74 Å². The van der Waals surface area contributed by atoms with E-state index in [1.807, 2.05) is 71.0 Å². The topological polar surface area (TPSA) is 41.8 Å². The van der Waals surface area contributed by atoms with E-state index >= 15 is 0 Å². The molecule has 36 heavy (non-hydrogen) atoms. The summed E-state index contributed by atoms with van der Waals surface area (Å²) in [5.74, 6) is -8.18. The normalized spacial score (nSPS) is 12.2. The van der Waals surface area contributed by atoms with Crippen LogP contribution in [0.15, 0.2) is 60.1 Å². The Morgan fingerprint density at radius 1 is 0.889 bits per heavy atom. The second kappa shape index (κ2) is 10.2. The maximum absolute atomic E-state index is 14.6. The van der Waals surface area contributed by atoms with Gasteiger partial charge < -0.3 is 9.84 Å². The second-order valence-electron chi connectivity index (χ2n) is 9.99. The summed E-state index contributed by atoms with van der Waals surface area (Å²) in [6.07, 6.45) is 2.18. The van der Waals surface area contributed by atoms with Crippen LogP contribution in [0.2, 0.25) is 0 Å². The first-order valence-corrected chi connectivity index (χ1v) is 11.4. The Morgan fingerprint density at radius 3 is 2.00 bits per heavy atom. The lowest BCUT2D eigenvalue weighted by Gasteiger charge is -2.30. The number of ether oxygens (including phenoxy) is 1. The first-order valence-electron chi connectivity index (χ1n) is 11.4. The van der Waals surface area contributed by atoms with Crippen LogP contribution in [0.5, 0.6) is 11.5 Å². The van der Waals surface area contributed by atoms with Gasteiger partial charge in [0.1, 0.15) is 18.0 Å². The average Bonchev–Trinajstić information content (AvgIpc) is 2.83. The van der Waals surface area contributed by atoms with E-state index < -0.39 is 40.1 Å². The van der Waals surface area contributed by atoms with Gasteiger partial charge in [-0.15, -0.1) is 0 Å². The zero-order valence-corrected chi connectivity index (χ0v) is 20.9. The summed E-state index contributed by atoms with van der Waals surface area (Å²) in [6, 6.07) is 13.0. The van der Waals surface area contributed by atoms with Crippen LogP contribution in [0.4, 0.5) is 23.2 Å². The number of aliphatic imine (C=N–C) groups is 1. The number of phenols is 1. The molecule has 3 rings (SSSR count). The molecule has 0 aliphatic carbocycles. The molecular weight excluding hydrogens is 470 g/mol. The van der Waals surface area contributed by atoms with E-state index in [1.54, 1.807) is 6.07 Å². The van der Waals surface area contributed by atoms with Crippen molar-refractivity contribution >= 4 is 11.9 Å². The van der Waals surface area contributed by atoms with E-state index in [9.17, 15) is 22.7 Å². The van der Waals surface area contributed by atoms with Gasteiger partial charge in [-0.05, 0) is 22.6 Å².